The second kappa shape index (κ2) is 6.22. The Bertz CT molecular complexity index is 487. The molecular weight excluding hydrogens is 292 g/mol. The van der Waals surface area contributed by atoms with Crippen LogP contribution in [0.4, 0.5) is 10.9 Å². The molecule has 2 heterocycles. The zero-order valence-corrected chi connectivity index (χ0v) is 13.9. The molecule has 0 bridgehead atoms. The second-order valence-corrected chi connectivity index (χ2v) is 8.22. The molecule has 1 saturated heterocycles. The summed E-state index contributed by atoms with van der Waals surface area (Å²) in [5.74, 6) is 1.33. The van der Waals surface area contributed by atoms with Gasteiger partial charge in [-0.3, -0.25) is 4.79 Å². The molecule has 3 N–H and O–H groups in total. The molecule has 0 unspecified atom stereocenters. The van der Waals surface area contributed by atoms with Crippen molar-refractivity contribution in [3.8, 4) is 0 Å². The maximum Gasteiger partial charge on any atom is 0.267 e. The van der Waals surface area contributed by atoms with Gasteiger partial charge in [0.2, 0.25) is 0 Å². The number of hydrogen-bond acceptors (Lipinski definition) is 6. The van der Waals surface area contributed by atoms with E-state index in [-0.39, 0.29) is 10.7 Å². The summed E-state index contributed by atoms with van der Waals surface area (Å²) in [6.07, 6.45) is 1.00. The first kappa shape index (κ1) is 15.4. The highest BCUT2D eigenvalue weighted by Crippen LogP contribution is 2.32. The average molecular weight is 314 g/mol. The minimum absolute atomic E-state index is 0.0162. The summed E-state index contributed by atoms with van der Waals surface area (Å²) in [6.45, 7) is 8.79. The molecule has 7 heteroatoms. The molecule has 5 nitrogen and oxygen atoms in total. The lowest BCUT2D eigenvalue weighted by atomic mass is 10.1. The summed E-state index contributed by atoms with van der Waals surface area (Å²) in [6, 6.07) is 0. The molecule has 0 aliphatic carbocycles. The number of thiazole rings is 1. The molecule has 0 saturated carbocycles. The molecule has 0 radical (unpaired) electrons. The largest absolute Gasteiger partial charge is 0.382 e. The van der Waals surface area contributed by atoms with Gasteiger partial charge < -0.3 is 16.0 Å². The fourth-order valence-electron chi connectivity index (χ4n) is 2.08. The molecule has 2 rings (SSSR count). The van der Waals surface area contributed by atoms with Crippen LogP contribution in [0.3, 0.4) is 0 Å². The Balaban J connectivity index is 2.10. The number of nitrogen functional groups attached to an aromatic ring is 1. The van der Waals surface area contributed by atoms with Gasteiger partial charge in [0, 0.05) is 30.1 Å². The van der Waals surface area contributed by atoms with Crippen molar-refractivity contribution in [2.45, 2.75) is 31.9 Å². The zero-order valence-electron chi connectivity index (χ0n) is 12.2. The minimum Gasteiger partial charge on any atom is -0.382 e. The van der Waals surface area contributed by atoms with E-state index in [9.17, 15) is 4.79 Å². The lowest BCUT2D eigenvalue weighted by molar-refractivity contribution is 0.0770. The second-order valence-electron chi connectivity index (χ2n) is 5.41. The number of amides is 1. The molecular formula is C13H22N4OS2. The standard InChI is InChI=1S/C13H22N4OS2/c1-4-15-12-16-10(14)9(20-12)11(18)17-6-5-13(2,3)19-8-7-17/h4-8,14H2,1-3H3,(H,15,16). The quantitative estimate of drug-likeness (QED) is 0.897. The average Bonchev–Trinajstić information content (AvgIpc) is 2.63. The van der Waals surface area contributed by atoms with E-state index in [1.165, 1.54) is 11.3 Å². The normalized spacial score (nSPS) is 18.6. The van der Waals surface area contributed by atoms with Gasteiger partial charge in [-0.25, -0.2) is 4.98 Å². The highest BCUT2D eigenvalue weighted by atomic mass is 32.2. The maximum atomic E-state index is 12.6. The van der Waals surface area contributed by atoms with Crippen LogP contribution in [0.1, 0.15) is 36.9 Å². The Morgan fingerprint density at radius 3 is 2.95 bits per heavy atom. The molecule has 1 aliphatic rings. The molecule has 1 aromatic rings. The van der Waals surface area contributed by atoms with Crippen molar-refractivity contribution >= 4 is 40.0 Å². The summed E-state index contributed by atoms with van der Waals surface area (Å²) in [5, 5.41) is 3.82. The molecule has 112 valence electrons. The number of nitrogens with two attached hydrogens (primary N) is 1. The van der Waals surface area contributed by atoms with E-state index >= 15 is 0 Å². The van der Waals surface area contributed by atoms with Gasteiger partial charge in [-0.05, 0) is 13.3 Å². The SMILES string of the molecule is CCNc1nc(N)c(C(=O)N2CCSC(C)(C)CC2)s1. The van der Waals surface area contributed by atoms with Crippen molar-refractivity contribution < 1.29 is 4.79 Å². The Morgan fingerprint density at radius 2 is 2.25 bits per heavy atom. The van der Waals surface area contributed by atoms with Crippen molar-refractivity contribution in [3.63, 3.8) is 0 Å². The fourth-order valence-corrected chi connectivity index (χ4v) is 4.10. The van der Waals surface area contributed by atoms with E-state index in [1.54, 1.807) is 0 Å². The van der Waals surface area contributed by atoms with Gasteiger partial charge in [0.25, 0.3) is 5.91 Å². The summed E-state index contributed by atoms with van der Waals surface area (Å²) >= 11 is 3.27. The molecule has 1 fully saturated rings. The molecule has 20 heavy (non-hydrogen) atoms. The Hall–Kier alpha value is -0.950. The minimum atomic E-state index is 0.0162. The number of nitrogens with one attached hydrogen (secondary N) is 1. The molecule has 1 amide bonds. The Kier molecular flexibility index (Phi) is 4.80. The summed E-state index contributed by atoms with van der Waals surface area (Å²) < 4.78 is 0.239. The van der Waals surface area contributed by atoms with Crippen LogP contribution >= 0.6 is 23.1 Å². The number of rotatable bonds is 3. The third-order valence-electron chi connectivity index (χ3n) is 3.30. The first-order valence-electron chi connectivity index (χ1n) is 6.86. The van der Waals surface area contributed by atoms with Crippen LogP contribution in [0.5, 0.6) is 0 Å². The van der Waals surface area contributed by atoms with Crippen LogP contribution in [0.25, 0.3) is 0 Å². The predicted octanol–water partition coefficient (Wildman–Crippen LogP) is 2.51. The third-order valence-corrected chi connectivity index (χ3v) is 5.69. The van der Waals surface area contributed by atoms with Gasteiger partial charge in [-0.1, -0.05) is 25.2 Å². The van der Waals surface area contributed by atoms with E-state index in [4.69, 9.17) is 5.73 Å². The van der Waals surface area contributed by atoms with E-state index < -0.39 is 0 Å². The number of thioether (sulfide) groups is 1. The topological polar surface area (TPSA) is 71.2 Å². The first-order valence-corrected chi connectivity index (χ1v) is 8.66. The Labute approximate surface area is 128 Å². The van der Waals surface area contributed by atoms with Gasteiger partial charge in [0.05, 0.1) is 0 Å². The molecule has 1 aromatic heterocycles. The monoisotopic (exact) mass is 314 g/mol. The van der Waals surface area contributed by atoms with Crippen LogP contribution in [0.2, 0.25) is 0 Å². The number of carbonyl (C=O) groups is 1. The van der Waals surface area contributed by atoms with Crippen LogP contribution in [0.15, 0.2) is 0 Å². The number of anilines is 2. The number of aromatic nitrogens is 1. The number of nitrogens with zero attached hydrogens (tertiary/aromatic N) is 2. The van der Waals surface area contributed by atoms with Crippen LogP contribution in [-0.4, -0.2) is 45.9 Å². The van der Waals surface area contributed by atoms with Crippen molar-refractivity contribution in [2.24, 2.45) is 0 Å². The van der Waals surface area contributed by atoms with E-state index in [0.717, 1.165) is 36.9 Å². The number of carbonyl (C=O) groups excluding carboxylic acids is 1. The van der Waals surface area contributed by atoms with E-state index in [0.29, 0.717) is 10.7 Å². The summed E-state index contributed by atoms with van der Waals surface area (Å²) in [5.41, 5.74) is 5.88. The van der Waals surface area contributed by atoms with Crippen molar-refractivity contribution in [1.82, 2.24) is 9.88 Å². The van der Waals surface area contributed by atoms with Gasteiger partial charge in [0.15, 0.2) is 5.13 Å². The lowest BCUT2D eigenvalue weighted by Crippen LogP contribution is -2.33. The van der Waals surface area contributed by atoms with Crippen molar-refractivity contribution in [2.75, 3.05) is 36.4 Å². The molecule has 1 aliphatic heterocycles. The first-order chi connectivity index (χ1) is 9.43. The molecule has 0 spiro atoms. The molecule has 0 atom stereocenters. The van der Waals surface area contributed by atoms with E-state index in [2.05, 4.69) is 24.1 Å². The van der Waals surface area contributed by atoms with Gasteiger partial charge in [-0.2, -0.15) is 11.8 Å². The number of hydrogen-bond donors (Lipinski definition) is 2. The van der Waals surface area contributed by atoms with Gasteiger partial charge in [0.1, 0.15) is 10.7 Å². The smallest absolute Gasteiger partial charge is 0.267 e. The third kappa shape index (κ3) is 3.58. The summed E-state index contributed by atoms with van der Waals surface area (Å²) in [4.78, 5) is 19.2. The fraction of sp³-hybridized carbons (Fsp3) is 0.692. The zero-order chi connectivity index (χ0) is 14.8. The van der Waals surface area contributed by atoms with Crippen molar-refractivity contribution in [3.05, 3.63) is 4.88 Å². The lowest BCUT2D eigenvalue weighted by Gasteiger charge is -2.22. The highest BCUT2D eigenvalue weighted by molar-refractivity contribution is 8.00. The highest BCUT2D eigenvalue weighted by Gasteiger charge is 2.28. The molecule has 0 aromatic carbocycles. The van der Waals surface area contributed by atoms with Crippen LogP contribution in [-0.2, 0) is 0 Å². The van der Waals surface area contributed by atoms with Gasteiger partial charge >= 0.3 is 0 Å². The Morgan fingerprint density at radius 1 is 1.50 bits per heavy atom. The maximum absolute atomic E-state index is 12.6. The predicted molar refractivity (Wildman–Crippen MR) is 87.7 cm³/mol. The van der Waals surface area contributed by atoms with Crippen LogP contribution < -0.4 is 11.1 Å². The summed E-state index contributed by atoms with van der Waals surface area (Å²) in [7, 11) is 0. The van der Waals surface area contributed by atoms with Gasteiger partial charge in [-0.15, -0.1) is 0 Å². The van der Waals surface area contributed by atoms with E-state index in [1.807, 2.05) is 23.6 Å². The van der Waals surface area contributed by atoms with Crippen LogP contribution in [0, 0.1) is 0 Å². The van der Waals surface area contributed by atoms with Crippen molar-refractivity contribution in [1.29, 1.82) is 0 Å².